The van der Waals surface area contributed by atoms with Gasteiger partial charge in [0, 0.05) is 24.5 Å². The van der Waals surface area contributed by atoms with Crippen molar-refractivity contribution in [2.24, 2.45) is 5.92 Å². The quantitative estimate of drug-likeness (QED) is 0.710. The van der Waals surface area contributed by atoms with E-state index in [1.165, 1.54) is 6.42 Å². The van der Waals surface area contributed by atoms with Crippen molar-refractivity contribution in [2.45, 2.75) is 6.42 Å². The van der Waals surface area contributed by atoms with Gasteiger partial charge in [0.15, 0.2) is 0 Å². The number of hydrogen-bond donors (Lipinski definition) is 1. The molecule has 1 aromatic heterocycles. The summed E-state index contributed by atoms with van der Waals surface area (Å²) in [5.41, 5.74) is 1.08. The van der Waals surface area contributed by atoms with E-state index in [0.29, 0.717) is 5.92 Å². The molecule has 1 aliphatic heterocycles. The zero-order chi connectivity index (χ0) is 8.93. The van der Waals surface area contributed by atoms with Crippen molar-refractivity contribution >= 4 is 6.08 Å². The number of rotatable bonds is 2. The average Bonchev–Trinajstić information content (AvgIpc) is 2.69. The van der Waals surface area contributed by atoms with Crippen molar-refractivity contribution in [1.82, 2.24) is 15.3 Å². The van der Waals surface area contributed by atoms with Gasteiger partial charge in [0.2, 0.25) is 0 Å². The van der Waals surface area contributed by atoms with E-state index in [9.17, 15) is 0 Å². The zero-order valence-corrected chi connectivity index (χ0v) is 8.48. The van der Waals surface area contributed by atoms with Gasteiger partial charge in [0.05, 0.1) is 0 Å². The summed E-state index contributed by atoms with van der Waals surface area (Å²) >= 11 is 0. The Morgan fingerprint density at radius 3 is 2.60 bits per heavy atom. The molecule has 1 saturated heterocycles. The molecule has 0 saturated carbocycles. The standard InChI is InChI=1S/C10H13N3.2H2O/c1(9-3-4-11-5-9)2-10-6-12-8-13-7-10;;/h1-2,6-9,11H,3-5H2;2*1H2/b2-1+;;. The summed E-state index contributed by atoms with van der Waals surface area (Å²) in [4.78, 5) is 7.90. The van der Waals surface area contributed by atoms with Gasteiger partial charge in [-0.05, 0) is 18.9 Å². The first kappa shape index (κ1) is 13.7. The molecular formula is C10H17N3O2. The first-order chi connectivity index (χ1) is 6.45. The van der Waals surface area contributed by atoms with Crippen LogP contribution in [-0.4, -0.2) is 34.0 Å². The summed E-state index contributed by atoms with van der Waals surface area (Å²) in [6.45, 7) is 2.24. The fraction of sp³-hybridized carbons (Fsp3) is 0.400. The van der Waals surface area contributed by atoms with Gasteiger partial charge >= 0.3 is 0 Å². The van der Waals surface area contributed by atoms with Gasteiger partial charge < -0.3 is 16.3 Å². The lowest BCUT2D eigenvalue weighted by Gasteiger charge is -1.98. The normalized spacial score (nSPS) is 19.6. The fourth-order valence-corrected chi connectivity index (χ4v) is 1.49. The van der Waals surface area contributed by atoms with Crippen LogP contribution in [0.4, 0.5) is 0 Å². The number of aromatic nitrogens is 2. The largest absolute Gasteiger partial charge is 0.412 e. The number of nitrogens with one attached hydrogen (secondary N) is 1. The van der Waals surface area contributed by atoms with Crippen LogP contribution in [0.25, 0.3) is 6.08 Å². The molecule has 5 heteroatoms. The molecule has 1 unspecified atom stereocenters. The summed E-state index contributed by atoms with van der Waals surface area (Å²) in [6.07, 6.45) is 10.8. The predicted octanol–water partition coefficient (Wildman–Crippen LogP) is -0.550. The van der Waals surface area contributed by atoms with Crippen molar-refractivity contribution in [1.29, 1.82) is 0 Å². The van der Waals surface area contributed by atoms with Crippen LogP contribution in [0.15, 0.2) is 24.8 Å². The van der Waals surface area contributed by atoms with Crippen LogP contribution in [0.1, 0.15) is 12.0 Å². The molecule has 1 aromatic rings. The Balaban J connectivity index is 0.000000980. The molecule has 84 valence electrons. The molecule has 1 atom stereocenters. The smallest absolute Gasteiger partial charge is 0.115 e. The Bertz CT molecular complexity index is 284. The Morgan fingerprint density at radius 2 is 2.00 bits per heavy atom. The molecule has 15 heavy (non-hydrogen) atoms. The van der Waals surface area contributed by atoms with Crippen molar-refractivity contribution in [2.75, 3.05) is 13.1 Å². The summed E-state index contributed by atoms with van der Waals surface area (Å²) < 4.78 is 0. The fourth-order valence-electron chi connectivity index (χ4n) is 1.49. The minimum absolute atomic E-state index is 0. The Morgan fingerprint density at radius 1 is 1.27 bits per heavy atom. The van der Waals surface area contributed by atoms with E-state index >= 15 is 0 Å². The minimum atomic E-state index is 0. The first-order valence-electron chi connectivity index (χ1n) is 4.59. The summed E-state index contributed by atoms with van der Waals surface area (Å²) in [5.74, 6) is 0.681. The van der Waals surface area contributed by atoms with Gasteiger partial charge in [-0.2, -0.15) is 0 Å². The third-order valence-corrected chi connectivity index (χ3v) is 2.24. The highest BCUT2D eigenvalue weighted by atomic mass is 16.0. The molecule has 0 aliphatic carbocycles. The molecule has 0 bridgehead atoms. The van der Waals surface area contributed by atoms with Crippen LogP contribution in [-0.2, 0) is 0 Å². The second kappa shape index (κ2) is 7.05. The van der Waals surface area contributed by atoms with Crippen LogP contribution < -0.4 is 5.32 Å². The molecule has 2 heterocycles. The van der Waals surface area contributed by atoms with Crippen LogP contribution in [0.3, 0.4) is 0 Å². The summed E-state index contributed by atoms with van der Waals surface area (Å²) in [7, 11) is 0. The lowest BCUT2D eigenvalue weighted by Crippen LogP contribution is -2.07. The molecule has 0 spiro atoms. The van der Waals surface area contributed by atoms with Crippen LogP contribution in [0.5, 0.6) is 0 Å². The van der Waals surface area contributed by atoms with Crippen LogP contribution in [0, 0.1) is 5.92 Å². The van der Waals surface area contributed by atoms with E-state index in [1.807, 2.05) is 12.4 Å². The van der Waals surface area contributed by atoms with E-state index < -0.39 is 0 Å². The number of nitrogens with zero attached hydrogens (tertiary/aromatic N) is 2. The second-order valence-electron chi connectivity index (χ2n) is 3.28. The molecule has 0 radical (unpaired) electrons. The SMILES string of the molecule is C(=C\C1CCNC1)/c1cncnc1.O.O. The van der Waals surface area contributed by atoms with E-state index in [1.54, 1.807) is 6.33 Å². The third-order valence-electron chi connectivity index (χ3n) is 2.24. The van der Waals surface area contributed by atoms with E-state index in [4.69, 9.17) is 0 Å². The summed E-state index contributed by atoms with van der Waals surface area (Å²) in [5, 5.41) is 3.33. The molecule has 5 N–H and O–H groups in total. The molecule has 2 rings (SSSR count). The van der Waals surface area contributed by atoms with Crippen molar-refractivity contribution in [3.8, 4) is 0 Å². The highest BCUT2D eigenvalue weighted by Crippen LogP contribution is 2.10. The average molecular weight is 211 g/mol. The van der Waals surface area contributed by atoms with Gasteiger partial charge in [-0.3, -0.25) is 0 Å². The molecular weight excluding hydrogens is 194 g/mol. The van der Waals surface area contributed by atoms with Crippen molar-refractivity contribution in [3.63, 3.8) is 0 Å². The molecule has 1 aliphatic rings. The monoisotopic (exact) mass is 211 g/mol. The third kappa shape index (κ3) is 4.16. The Labute approximate surface area is 88.9 Å². The highest BCUT2D eigenvalue weighted by molar-refractivity contribution is 5.46. The molecule has 5 nitrogen and oxygen atoms in total. The van der Waals surface area contributed by atoms with Gasteiger partial charge in [-0.15, -0.1) is 0 Å². The predicted molar refractivity (Wildman–Crippen MR) is 59.3 cm³/mol. The van der Waals surface area contributed by atoms with Crippen LogP contribution >= 0.6 is 0 Å². The lowest BCUT2D eigenvalue weighted by molar-refractivity contribution is 0.731. The molecule has 0 aromatic carbocycles. The maximum atomic E-state index is 3.95. The molecule has 1 fully saturated rings. The maximum Gasteiger partial charge on any atom is 0.115 e. The van der Waals surface area contributed by atoms with Gasteiger partial charge in [-0.25, -0.2) is 9.97 Å². The van der Waals surface area contributed by atoms with Crippen molar-refractivity contribution < 1.29 is 11.0 Å². The van der Waals surface area contributed by atoms with E-state index in [0.717, 1.165) is 18.7 Å². The first-order valence-corrected chi connectivity index (χ1v) is 4.59. The second-order valence-corrected chi connectivity index (χ2v) is 3.28. The number of hydrogen-bond acceptors (Lipinski definition) is 3. The lowest BCUT2D eigenvalue weighted by atomic mass is 10.1. The Hall–Kier alpha value is -1.30. The van der Waals surface area contributed by atoms with Gasteiger partial charge in [-0.1, -0.05) is 12.2 Å². The maximum absolute atomic E-state index is 3.95. The molecule has 0 amide bonds. The van der Waals surface area contributed by atoms with Crippen molar-refractivity contribution in [3.05, 3.63) is 30.4 Å². The topological polar surface area (TPSA) is 101 Å². The van der Waals surface area contributed by atoms with Crippen LogP contribution in [0.2, 0.25) is 0 Å². The highest BCUT2D eigenvalue weighted by Gasteiger charge is 2.09. The van der Waals surface area contributed by atoms with E-state index in [2.05, 4.69) is 27.4 Å². The zero-order valence-electron chi connectivity index (χ0n) is 8.48. The van der Waals surface area contributed by atoms with E-state index in [-0.39, 0.29) is 11.0 Å². The Kier molecular flexibility index (Phi) is 6.44. The minimum Gasteiger partial charge on any atom is -0.412 e. The van der Waals surface area contributed by atoms with Gasteiger partial charge in [0.1, 0.15) is 6.33 Å². The summed E-state index contributed by atoms with van der Waals surface area (Å²) in [6, 6.07) is 0. The van der Waals surface area contributed by atoms with Gasteiger partial charge in [0.25, 0.3) is 0 Å².